The molecule has 0 unspecified atom stereocenters. The Morgan fingerprint density at radius 1 is 0.438 bits per heavy atom. The monoisotopic (exact) mass is 966 g/mol. The molecule has 0 fully saturated rings. The van der Waals surface area contributed by atoms with Crippen LogP contribution in [0.2, 0.25) is 0 Å². The number of benzene rings is 6. The molecule has 73 heavy (non-hydrogen) atoms. The van der Waals surface area contributed by atoms with Gasteiger partial charge >= 0.3 is 0 Å². The second kappa shape index (κ2) is 15.4. The molecule has 2 heterocycles. The largest absolute Gasteiger partial charge is 0.455 e. The summed E-state index contributed by atoms with van der Waals surface area (Å²) in [6.45, 7) is 41.4. The number of furan rings is 1. The van der Waals surface area contributed by atoms with Gasteiger partial charge in [-0.1, -0.05) is 141 Å². The summed E-state index contributed by atoms with van der Waals surface area (Å²) in [5.41, 5.74) is 26.3. The summed E-state index contributed by atoms with van der Waals surface area (Å²) in [7, 11) is 2.54. The van der Waals surface area contributed by atoms with E-state index in [1.54, 1.807) is 0 Å². The van der Waals surface area contributed by atoms with Gasteiger partial charge in [0.15, 0.2) is 7.28 Å². The molecule has 1 aliphatic heterocycles. The topological polar surface area (TPSA) is 28.4 Å². The zero-order chi connectivity index (χ0) is 52.0. The highest BCUT2D eigenvalue weighted by Crippen LogP contribution is 2.54. The van der Waals surface area contributed by atoms with Crippen LogP contribution in [0.1, 0.15) is 212 Å². The normalized spacial score (nSPS) is 21.7. The fraction of sp³-hybridized carbons (Fsp3) is 0.478. The first-order chi connectivity index (χ1) is 34.0. The number of aryl methyl sites for hydroxylation is 1. The van der Waals surface area contributed by atoms with Crippen LogP contribution in [0.5, 0.6) is 0 Å². The highest BCUT2D eigenvalue weighted by atomic mass is 16.3. The van der Waals surface area contributed by atoms with Gasteiger partial charge < -0.3 is 14.6 Å². The molecule has 0 amide bonds. The van der Waals surface area contributed by atoms with Gasteiger partial charge in [0, 0.05) is 39.1 Å². The minimum Gasteiger partial charge on any atom is -0.455 e. The van der Waals surface area contributed by atoms with Crippen LogP contribution in [0.25, 0.3) is 33.1 Å². The van der Waals surface area contributed by atoms with Crippen molar-refractivity contribution in [3.05, 3.63) is 135 Å². The highest BCUT2D eigenvalue weighted by molar-refractivity contribution is 6.73. The summed E-state index contributed by atoms with van der Waals surface area (Å²) in [5, 5.41) is 6.50. The molecule has 0 spiro atoms. The molecule has 377 valence electrons. The van der Waals surface area contributed by atoms with Crippen molar-refractivity contribution in [3.8, 4) is 11.1 Å². The lowest BCUT2D eigenvalue weighted by atomic mass is 9.55. The molecule has 0 atom stereocenters. The van der Waals surface area contributed by atoms with E-state index in [1.165, 1.54) is 139 Å². The Balaban J connectivity index is 1.14. The standard InChI is InChI=1S/C69H82BN2O/c1-40-32-45(60-57(33-40)72(42-19-22-47-49(35-42)65(8,9)27-25-63(47,4)5)56-38-52-51(37-54(56)70-60)67(12,13)29-30-68(52,14)15)59-55(71-41-18-21-46-48(34-41)64(6,7)26-24-62(46,2)3)23-20-43-44-36-50-53(39-58(44)73-61(43)59)69(16,17)31-28-66(50,10)11/h18-23,32-39,71H,24-31H2,1-17H3. The lowest BCUT2D eigenvalue weighted by Gasteiger charge is -2.45. The third-order valence-corrected chi connectivity index (χ3v) is 20.2. The second-order valence-electron chi connectivity index (χ2n) is 29.2. The van der Waals surface area contributed by atoms with E-state index in [2.05, 4.69) is 220 Å². The van der Waals surface area contributed by atoms with E-state index in [9.17, 15) is 0 Å². The molecular weight excluding hydrogens is 884 g/mol. The van der Waals surface area contributed by atoms with E-state index in [-0.39, 0.29) is 43.3 Å². The average Bonchev–Trinajstić information content (AvgIpc) is 3.68. The highest BCUT2D eigenvalue weighted by Gasteiger charge is 2.43. The Morgan fingerprint density at radius 2 is 0.918 bits per heavy atom. The van der Waals surface area contributed by atoms with E-state index < -0.39 is 0 Å². The molecular formula is C69H82BN2O. The zero-order valence-electron chi connectivity index (χ0n) is 47.7. The molecule has 5 aliphatic rings. The first-order valence-corrected chi connectivity index (χ1v) is 28.1. The summed E-state index contributed by atoms with van der Waals surface area (Å²) >= 11 is 0. The van der Waals surface area contributed by atoms with E-state index in [0.29, 0.717) is 0 Å². The Kier molecular flexibility index (Phi) is 10.3. The van der Waals surface area contributed by atoms with Crippen LogP contribution in [0.4, 0.5) is 28.4 Å². The van der Waals surface area contributed by atoms with Crippen LogP contribution in [-0.2, 0) is 43.3 Å². The van der Waals surface area contributed by atoms with Gasteiger partial charge in [-0.3, -0.25) is 0 Å². The lowest BCUT2D eigenvalue weighted by molar-refractivity contribution is 0.332. The Labute approximate surface area is 439 Å². The molecule has 1 N–H and O–H groups in total. The van der Waals surface area contributed by atoms with Crippen LogP contribution in [0.15, 0.2) is 89.3 Å². The van der Waals surface area contributed by atoms with Crippen molar-refractivity contribution in [1.29, 1.82) is 0 Å². The molecule has 4 heteroatoms. The molecule has 1 radical (unpaired) electrons. The zero-order valence-corrected chi connectivity index (χ0v) is 47.7. The van der Waals surface area contributed by atoms with Gasteiger partial charge in [0.25, 0.3) is 0 Å². The summed E-state index contributed by atoms with van der Waals surface area (Å²) in [6.07, 6.45) is 9.40. The molecule has 12 rings (SSSR count). The molecule has 4 aliphatic carbocycles. The predicted molar refractivity (Wildman–Crippen MR) is 314 cm³/mol. The van der Waals surface area contributed by atoms with Crippen LogP contribution in [0.3, 0.4) is 0 Å². The number of hydrogen-bond donors (Lipinski definition) is 1. The minimum atomic E-state index is 0.0638. The Morgan fingerprint density at radius 3 is 1.49 bits per heavy atom. The first kappa shape index (κ1) is 48.7. The summed E-state index contributed by atoms with van der Waals surface area (Å²) < 4.78 is 7.47. The van der Waals surface area contributed by atoms with Gasteiger partial charge in [-0.05, 0) is 223 Å². The third-order valence-electron chi connectivity index (χ3n) is 20.2. The molecule has 6 aromatic carbocycles. The predicted octanol–water partition coefficient (Wildman–Crippen LogP) is 18.1. The SMILES string of the molecule is Cc1cc(-c2c(Nc3ccc4c(c3)C(C)(C)CCC4(C)C)ccc3c2oc2cc4c(cc23)C(C)(C)CCC4(C)C)c2c(c1)N(c1ccc3c(c1)C(C)(C)CCC3(C)C)c1cc3c(cc1[B]2)C(C)(C)CCC3(C)C. The molecule has 0 saturated carbocycles. The number of nitrogens with zero attached hydrogens (tertiary/aromatic N) is 1. The number of anilines is 5. The van der Waals surface area contributed by atoms with Gasteiger partial charge in [0.1, 0.15) is 11.2 Å². The Bertz CT molecular complexity index is 3490. The van der Waals surface area contributed by atoms with Crippen molar-refractivity contribution >= 4 is 68.6 Å². The smallest absolute Gasteiger partial charge is 0.197 e. The van der Waals surface area contributed by atoms with Gasteiger partial charge in [0.05, 0.1) is 5.69 Å². The number of fused-ring (bicyclic) bond motifs is 9. The van der Waals surface area contributed by atoms with E-state index in [0.717, 1.165) is 34.5 Å². The van der Waals surface area contributed by atoms with Gasteiger partial charge in [-0.25, -0.2) is 0 Å². The van der Waals surface area contributed by atoms with Gasteiger partial charge in [-0.2, -0.15) is 0 Å². The van der Waals surface area contributed by atoms with Crippen molar-refractivity contribution in [3.63, 3.8) is 0 Å². The number of rotatable bonds is 4. The van der Waals surface area contributed by atoms with E-state index in [1.807, 2.05) is 0 Å². The molecule has 1 aromatic heterocycles. The summed E-state index contributed by atoms with van der Waals surface area (Å²) in [4.78, 5) is 2.65. The maximum absolute atomic E-state index is 7.47. The van der Waals surface area contributed by atoms with Crippen LogP contribution >= 0.6 is 0 Å². The van der Waals surface area contributed by atoms with Crippen LogP contribution in [0, 0.1) is 6.92 Å². The molecule has 7 aromatic rings. The van der Waals surface area contributed by atoms with Crippen molar-refractivity contribution in [2.24, 2.45) is 0 Å². The quantitative estimate of drug-likeness (QED) is 0.178. The van der Waals surface area contributed by atoms with Crippen LogP contribution in [-0.4, -0.2) is 7.28 Å². The summed E-state index contributed by atoms with van der Waals surface area (Å²) in [5.74, 6) is 0. The minimum absolute atomic E-state index is 0.0638. The van der Waals surface area contributed by atoms with Gasteiger partial charge in [-0.15, -0.1) is 0 Å². The number of nitrogens with one attached hydrogen (secondary N) is 1. The first-order valence-electron chi connectivity index (χ1n) is 28.1. The number of hydrogen-bond acceptors (Lipinski definition) is 3. The Hall–Kier alpha value is -5.22. The van der Waals surface area contributed by atoms with E-state index in [4.69, 9.17) is 4.42 Å². The van der Waals surface area contributed by atoms with Crippen molar-refractivity contribution in [2.45, 2.75) is 212 Å². The average molecular weight is 966 g/mol. The van der Waals surface area contributed by atoms with Crippen molar-refractivity contribution < 1.29 is 4.42 Å². The van der Waals surface area contributed by atoms with Crippen LogP contribution < -0.4 is 21.1 Å². The fourth-order valence-electron chi connectivity index (χ4n) is 14.6. The molecule has 0 saturated heterocycles. The second-order valence-corrected chi connectivity index (χ2v) is 29.2. The van der Waals surface area contributed by atoms with Gasteiger partial charge in [0.2, 0.25) is 0 Å². The van der Waals surface area contributed by atoms with Crippen molar-refractivity contribution in [2.75, 3.05) is 10.2 Å². The molecule has 3 nitrogen and oxygen atoms in total. The maximum Gasteiger partial charge on any atom is 0.197 e. The third kappa shape index (κ3) is 7.46. The molecule has 0 bridgehead atoms. The fourth-order valence-corrected chi connectivity index (χ4v) is 14.6. The summed E-state index contributed by atoms with van der Waals surface area (Å²) in [6, 6.07) is 34.4. The van der Waals surface area contributed by atoms with E-state index >= 15 is 0 Å². The van der Waals surface area contributed by atoms with Crippen molar-refractivity contribution in [1.82, 2.24) is 0 Å². The lowest BCUT2D eigenvalue weighted by Crippen LogP contribution is -2.44. The maximum atomic E-state index is 7.47.